The molecule has 0 fully saturated rings. The van der Waals surface area contributed by atoms with Gasteiger partial charge in [0.15, 0.2) is 11.6 Å². The quantitative estimate of drug-likeness (QED) is 0.627. The molecule has 1 atom stereocenters. The van der Waals surface area contributed by atoms with Crippen molar-refractivity contribution in [2.45, 2.75) is 43.5 Å². The first-order chi connectivity index (χ1) is 11.3. The van der Waals surface area contributed by atoms with E-state index in [2.05, 4.69) is 62.0 Å². The van der Waals surface area contributed by atoms with E-state index in [1.165, 1.54) is 11.8 Å². The van der Waals surface area contributed by atoms with Gasteiger partial charge in [0.05, 0.1) is 5.25 Å². The van der Waals surface area contributed by atoms with E-state index in [9.17, 15) is 0 Å². The van der Waals surface area contributed by atoms with Crippen LogP contribution in [0.5, 0.6) is 0 Å². The van der Waals surface area contributed by atoms with Gasteiger partial charge in [-0.3, -0.25) is 5.10 Å². The highest BCUT2D eigenvalue weighted by atomic mass is 79.9. The predicted molar refractivity (Wildman–Crippen MR) is 96.8 cm³/mol. The number of hydrogen-bond acceptors (Lipinski definition) is 6. The van der Waals surface area contributed by atoms with Crippen LogP contribution in [0.1, 0.15) is 44.7 Å². The molecule has 0 spiro atoms. The van der Waals surface area contributed by atoms with Crippen LogP contribution in [0.3, 0.4) is 0 Å². The maximum absolute atomic E-state index is 5.38. The first-order valence-electron chi connectivity index (χ1n) is 7.52. The van der Waals surface area contributed by atoms with Gasteiger partial charge in [0.1, 0.15) is 0 Å². The van der Waals surface area contributed by atoms with Crippen molar-refractivity contribution in [3.63, 3.8) is 0 Å². The fraction of sp³-hybridized carbons (Fsp3) is 0.375. The van der Waals surface area contributed by atoms with Crippen molar-refractivity contribution in [1.29, 1.82) is 0 Å². The fourth-order valence-electron chi connectivity index (χ4n) is 1.99. The predicted octanol–water partition coefficient (Wildman–Crippen LogP) is 4.77. The van der Waals surface area contributed by atoms with Crippen LogP contribution in [0.15, 0.2) is 38.4 Å². The monoisotopic (exact) mass is 407 g/mol. The molecule has 6 nitrogen and oxygen atoms in total. The first kappa shape index (κ1) is 17.2. The highest BCUT2D eigenvalue weighted by Crippen LogP contribution is 2.34. The summed E-state index contributed by atoms with van der Waals surface area (Å²) in [6.45, 7) is 8.16. The van der Waals surface area contributed by atoms with Crippen molar-refractivity contribution in [1.82, 2.24) is 25.3 Å². The van der Waals surface area contributed by atoms with Gasteiger partial charge >= 0.3 is 0 Å². The Morgan fingerprint density at radius 2 is 1.96 bits per heavy atom. The highest BCUT2D eigenvalue weighted by Gasteiger charge is 2.24. The van der Waals surface area contributed by atoms with Crippen LogP contribution in [0.4, 0.5) is 0 Å². The largest absolute Gasteiger partial charge is 0.338 e. The van der Waals surface area contributed by atoms with Gasteiger partial charge in [0.25, 0.3) is 0 Å². The zero-order chi connectivity index (χ0) is 17.3. The van der Waals surface area contributed by atoms with Gasteiger partial charge in [-0.05, 0) is 13.0 Å². The second-order valence-corrected chi connectivity index (χ2v) is 8.58. The van der Waals surface area contributed by atoms with Crippen molar-refractivity contribution in [2.75, 3.05) is 0 Å². The number of nitrogens with zero attached hydrogens (tertiary/aromatic N) is 4. The number of hydrogen-bond donors (Lipinski definition) is 1. The zero-order valence-electron chi connectivity index (χ0n) is 13.9. The molecule has 0 aliphatic rings. The van der Waals surface area contributed by atoms with Crippen LogP contribution in [-0.2, 0) is 5.41 Å². The summed E-state index contributed by atoms with van der Waals surface area (Å²) in [4.78, 5) is 9.02. The minimum Gasteiger partial charge on any atom is -0.338 e. The number of aromatic amines is 1. The lowest BCUT2D eigenvalue weighted by Gasteiger charge is -2.11. The summed E-state index contributed by atoms with van der Waals surface area (Å²) in [6.07, 6.45) is 0. The Morgan fingerprint density at radius 1 is 1.21 bits per heavy atom. The molecule has 126 valence electrons. The third-order valence-electron chi connectivity index (χ3n) is 3.34. The summed E-state index contributed by atoms with van der Waals surface area (Å²) >= 11 is 5.00. The minimum atomic E-state index is -0.135. The lowest BCUT2D eigenvalue weighted by Crippen LogP contribution is -2.13. The molecule has 2 aromatic heterocycles. The molecule has 0 amide bonds. The Bertz CT molecular complexity index is 839. The molecule has 3 rings (SSSR count). The molecule has 0 unspecified atom stereocenters. The van der Waals surface area contributed by atoms with Gasteiger partial charge in [0.2, 0.25) is 11.0 Å². The Labute approximate surface area is 153 Å². The average molecular weight is 408 g/mol. The number of benzene rings is 1. The van der Waals surface area contributed by atoms with E-state index in [4.69, 9.17) is 4.52 Å². The SMILES string of the molecule is C[C@@H](Sc1n[nH]c(-c2ccccc2Br)n1)c1nc(C(C)(C)C)no1. The molecule has 3 aromatic rings. The number of nitrogens with one attached hydrogen (secondary N) is 1. The van der Waals surface area contributed by atoms with Crippen molar-refractivity contribution in [3.05, 3.63) is 40.5 Å². The van der Waals surface area contributed by atoms with Crippen molar-refractivity contribution < 1.29 is 4.52 Å². The second-order valence-electron chi connectivity index (χ2n) is 6.41. The van der Waals surface area contributed by atoms with Gasteiger partial charge in [0, 0.05) is 15.5 Å². The molecule has 0 aliphatic heterocycles. The maximum Gasteiger partial charge on any atom is 0.239 e. The third kappa shape index (κ3) is 3.70. The van der Waals surface area contributed by atoms with Crippen LogP contribution >= 0.6 is 27.7 Å². The van der Waals surface area contributed by atoms with E-state index in [1.807, 2.05) is 31.2 Å². The standard InChI is InChI=1S/C16H18BrN5OS/c1-9(13-19-14(22-23-13)16(2,3)4)24-15-18-12(20-21-15)10-7-5-6-8-11(10)17/h5-9H,1-4H3,(H,18,20,21)/t9-/m1/s1. The number of thioether (sulfide) groups is 1. The zero-order valence-corrected chi connectivity index (χ0v) is 16.3. The van der Waals surface area contributed by atoms with Gasteiger partial charge in [-0.25, -0.2) is 4.98 Å². The highest BCUT2D eigenvalue weighted by molar-refractivity contribution is 9.10. The van der Waals surface area contributed by atoms with Crippen LogP contribution < -0.4 is 0 Å². The molecule has 0 saturated carbocycles. The van der Waals surface area contributed by atoms with Crippen molar-refractivity contribution in [3.8, 4) is 11.4 Å². The number of H-pyrrole nitrogens is 1. The van der Waals surface area contributed by atoms with Gasteiger partial charge in [-0.2, -0.15) is 4.98 Å². The van der Waals surface area contributed by atoms with E-state index < -0.39 is 0 Å². The fourth-order valence-corrected chi connectivity index (χ4v) is 3.21. The Morgan fingerprint density at radius 3 is 2.62 bits per heavy atom. The van der Waals surface area contributed by atoms with Crippen molar-refractivity contribution >= 4 is 27.7 Å². The molecule has 0 bridgehead atoms. The summed E-state index contributed by atoms with van der Waals surface area (Å²) in [5, 5.41) is 11.9. The Hall–Kier alpha value is -1.67. The molecular weight excluding hydrogens is 390 g/mol. The van der Waals surface area contributed by atoms with Gasteiger partial charge in [-0.15, -0.1) is 5.10 Å². The van der Waals surface area contributed by atoms with Gasteiger partial charge in [-0.1, -0.05) is 71.8 Å². The van der Waals surface area contributed by atoms with E-state index in [0.717, 1.165) is 15.9 Å². The normalized spacial score (nSPS) is 13.2. The molecule has 0 radical (unpaired) electrons. The summed E-state index contributed by atoms with van der Waals surface area (Å²) in [6, 6.07) is 7.88. The molecule has 24 heavy (non-hydrogen) atoms. The topological polar surface area (TPSA) is 80.5 Å². The minimum absolute atomic E-state index is 0.0311. The lowest BCUT2D eigenvalue weighted by molar-refractivity contribution is 0.364. The van der Waals surface area contributed by atoms with E-state index >= 15 is 0 Å². The molecule has 1 N–H and O–H groups in total. The first-order valence-corrected chi connectivity index (χ1v) is 9.20. The summed E-state index contributed by atoms with van der Waals surface area (Å²) in [7, 11) is 0. The lowest BCUT2D eigenvalue weighted by atomic mass is 9.96. The van der Waals surface area contributed by atoms with E-state index in [-0.39, 0.29) is 10.7 Å². The van der Waals surface area contributed by atoms with Crippen LogP contribution in [0.25, 0.3) is 11.4 Å². The van der Waals surface area contributed by atoms with Crippen LogP contribution in [-0.4, -0.2) is 25.3 Å². The summed E-state index contributed by atoms with van der Waals surface area (Å²) < 4.78 is 6.35. The van der Waals surface area contributed by atoms with Gasteiger partial charge < -0.3 is 4.52 Å². The number of halogens is 1. The molecule has 1 aromatic carbocycles. The Balaban J connectivity index is 1.75. The van der Waals surface area contributed by atoms with E-state index in [0.29, 0.717) is 16.9 Å². The molecule has 0 saturated heterocycles. The van der Waals surface area contributed by atoms with Crippen LogP contribution in [0.2, 0.25) is 0 Å². The smallest absolute Gasteiger partial charge is 0.239 e. The molecular formula is C16H18BrN5OS. The maximum atomic E-state index is 5.38. The number of rotatable bonds is 4. The molecule has 0 aliphatic carbocycles. The average Bonchev–Trinajstić information content (AvgIpc) is 3.16. The summed E-state index contributed by atoms with van der Waals surface area (Å²) in [5.41, 5.74) is 0.834. The van der Waals surface area contributed by atoms with Crippen LogP contribution in [0, 0.1) is 0 Å². The summed E-state index contributed by atoms with van der Waals surface area (Å²) in [5.74, 6) is 2.00. The molecule has 8 heteroatoms. The third-order valence-corrected chi connectivity index (χ3v) is 4.98. The Kier molecular flexibility index (Phi) is 4.78. The number of aromatic nitrogens is 5. The molecule has 2 heterocycles. The van der Waals surface area contributed by atoms with E-state index in [1.54, 1.807) is 0 Å². The second kappa shape index (κ2) is 6.68. The van der Waals surface area contributed by atoms with Crippen molar-refractivity contribution in [2.24, 2.45) is 0 Å².